The normalized spacial score (nSPS) is 13.6. The summed E-state index contributed by atoms with van der Waals surface area (Å²) in [7, 11) is 0. The molecule has 0 bridgehead atoms. The molecule has 1 aliphatic carbocycles. The third-order valence-electron chi connectivity index (χ3n) is 5.67. The highest BCUT2D eigenvalue weighted by molar-refractivity contribution is 7.15. The van der Waals surface area contributed by atoms with Gasteiger partial charge in [-0.05, 0) is 82.3 Å². The summed E-state index contributed by atoms with van der Waals surface area (Å²) in [6, 6.07) is 9.22. The number of hydrogen-bond acceptors (Lipinski definition) is 4. The minimum Gasteiger partial charge on any atom is -0.478 e. The van der Waals surface area contributed by atoms with E-state index in [2.05, 4.69) is 4.99 Å². The van der Waals surface area contributed by atoms with Crippen molar-refractivity contribution in [3.05, 3.63) is 68.9 Å². The molecule has 4 rings (SSSR count). The van der Waals surface area contributed by atoms with Gasteiger partial charge in [-0.1, -0.05) is 0 Å². The standard InChI is InChI=1S/C24H24N2O3S/c1-14-12-18(13-25-19-10-8-17(9-11-19)16(3)27)15(2)26(14)23-22(24(28)29)20-6-4-5-7-21(20)30-23/h8-13H,4-7H2,1-3H3,(H,28,29). The molecule has 0 amide bonds. The Morgan fingerprint density at radius 3 is 2.50 bits per heavy atom. The van der Waals surface area contributed by atoms with Crippen LogP contribution < -0.4 is 0 Å². The molecule has 0 unspecified atom stereocenters. The molecule has 1 aromatic carbocycles. The largest absolute Gasteiger partial charge is 0.478 e. The number of carboxylic acid groups (broad SMARTS) is 1. The molecular formula is C24H24N2O3S. The first kappa shape index (κ1) is 20.3. The molecule has 2 heterocycles. The lowest BCUT2D eigenvalue weighted by molar-refractivity contribution is 0.0696. The van der Waals surface area contributed by atoms with Crippen LogP contribution >= 0.6 is 11.3 Å². The molecule has 154 valence electrons. The van der Waals surface area contributed by atoms with E-state index in [0.717, 1.165) is 58.9 Å². The number of nitrogens with zero attached hydrogens (tertiary/aromatic N) is 2. The Hall–Kier alpha value is -2.99. The lowest BCUT2D eigenvalue weighted by Gasteiger charge is -2.11. The van der Waals surface area contributed by atoms with Crippen LogP contribution in [0.4, 0.5) is 5.69 Å². The van der Waals surface area contributed by atoms with E-state index >= 15 is 0 Å². The second kappa shape index (κ2) is 8.03. The Morgan fingerprint density at radius 1 is 1.13 bits per heavy atom. The molecule has 1 aliphatic rings. The first-order valence-electron chi connectivity index (χ1n) is 10.1. The quantitative estimate of drug-likeness (QED) is 0.426. The van der Waals surface area contributed by atoms with Gasteiger partial charge in [-0.2, -0.15) is 0 Å². The van der Waals surface area contributed by atoms with Crippen LogP contribution in [0.25, 0.3) is 5.00 Å². The molecule has 0 saturated heterocycles. The monoisotopic (exact) mass is 420 g/mol. The molecule has 0 aliphatic heterocycles. The number of ketones is 1. The topological polar surface area (TPSA) is 71.7 Å². The molecule has 30 heavy (non-hydrogen) atoms. The molecule has 0 spiro atoms. The van der Waals surface area contributed by atoms with Gasteiger partial charge in [-0.25, -0.2) is 4.79 Å². The fourth-order valence-electron chi connectivity index (χ4n) is 4.09. The van der Waals surface area contributed by atoms with Gasteiger partial charge in [0.25, 0.3) is 0 Å². The molecule has 6 heteroatoms. The van der Waals surface area contributed by atoms with Crippen LogP contribution in [0.2, 0.25) is 0 Å². The highest BCUT2D eigenvalue weighted by Crippen LogP contribution is 2.38. The molecule has 2 aromatic heterocycles. The lowest BCUT2D eigenvalue weighted by atomic mass is 9.95. The Balaban J connectivity index is 1.72. The first-order chi connectivity index (χ1) is 14.4. The summed E-state index contributed by atoms with van der Waals surface area (Å²) in [5.41, 5.74) is 5.81. The Labute approximate surface area is 179 Å². The summed E-state index contributed by atoms with van der Waals surface area (Å²) in [5.74, 6) is -0.820. The van der Waals surface area contributed by atoms with E-state index < -0.39 is 5.97 Å². The maximum atomic E-state index is 12.1. The van der Waals surface area contributed by atoms with Gasteiger partial charge in [0.05, 0.1) is 11.3 Å². The van der Waals surface area contributed by atoms with Crippen molar-refractivity contribution in [3.8, 4) is 5.00 Å². The van der Waals surface area contributed by atoms with Crippen LogP contribution in [-0.2, 0) is 12.8 Å². The second-order valence-corrected chi connectivity index (χ2v) is 8.80. The maximum Gasteiger partial charge on any atom is 0.339 e. The van der Waals surface area contributed by atoms with E-state index in [-0.39, 0.29) is 5.78 Å². The number of carbonyl (C=O) groups excluding carboxylic acids is 1. The van der Waals surface area contributed by atoms with Crippen molar-refractivity contribution in [2.24, 2.45) is 4.99 Å². The minimum absolute atomic E-state index is 0.0296. The number of aryl methyl sites for hydroxylation is 2. The molecule has 0 saturated carbocycles. The Morgan fingerprint density at radius 2 is 1.83 bits per heavy atom. The number of aliphatic imine (C=N–C) groups is 1. The van der Waals surface area contributed by atoms with Crippen molar-refractivity contribution in [2.75, 3.05) is 0 Å². The van der Waals surface area contributed by atoms with Crippen molar-refractivity contribution < 1.29 is 14.7 Å². The number of fused-ring (bicyclic) bond motifs is 1. The third kappa shape index (κ3) is 3.63. The fourth-order valence-corrected chi connectivity index (χ4v) is 5.58. The summed E-state index contributed by atoms with van der Waals surface area (Å²) in [6.07, 6.45) is 5.78. The van der Waals surface area contributed by atoms with Crippen LogP contribution in [0.3, 0.4) is 0 Å². The number of Topliss-reactive ketones (excluding diaryl/α,β-unsaturated/α-hetero) is 1. The van der Waals surface area contributed by atoms with Gasteiger partial charge < -0.3 is 9.67 Å². The van der Waals surface area contributed by atoms with Gasteiger partial charge in [-0.3, -0.25) is 9.79 Å². The van der Waals surface area contributed by atoms with Crippen LogP contribution in [0.5, 0.6) is 0 Å². The number of aromatic carboxylic acids is 1. The highest BCUT2D eigenvalue weighted by atomic mass is 32.1. The predicted octanol–water partition coefficient (Wildman–Crippen LogP) is 5.69. The number of thiophene rings is 1. The fraction of sp³-hybridized carbons (Fsp3) is 0.292. The molecule has 1 N–H and O–H groups in total. The number of carboxylic acids is 1. The van der Waals surface area contributed by atoms with Gasteiger partial charge in [0.15, 0.2) is 5.78 Å². The average Bonchev–Trinajstić information content (AvgIpc) is 3.23. The highest BCUT2D eigenvalue weighted by Gasteiger charge is 2.27. The van der Waals surface area contributed by atoms with E-state index in [1.807, 2.05) is 36.6 Å². The second-order valence-electron chi connectivity index (χ2n) is 7.72. The van der Waals surface area contributed by atoms with Crippen LogP contribution in [0, 0.1) is 13.8 Å². The molecule has 3 aromatic rings. The van der Waals surface area contributed by atoms with Gasteiger partial charge in [0, 0.05) is 33.6 Å². The number of aromatic nitrogens is 1. The predicted molar refractivity (Wildman–Crippen MR) is 120 cm³/mol. The smallest absolute Gasteiger partial charge is 0.339 e. The van der Waals surface area contributed by atoms with E-state index in [4.69, 9.17) is 0 Å². The zero-order valence-corrected chi connectivity index (χ0v) is 18.2. The summed E-state index contributed by atoms with van der Waals surface area (Å²) >= 11 is 1.61. The zero-order valence-electron chi connectivity index (χ0n) is 17.4. The van der Waals surface area contributed by atoms with Gasteiger partial charge in [-0.15, -0.1) is 11.3 Å². The molecule has 5 nitrogen and oxygen atoms in total. The van der Waals surface area contributed by atoms with Crippen LogP contribution in [-0.4, -0.2) is 27.6 Å². The molecular weight excluding hydrogens is 396 g/mol. The Bertz CT molecular complexity index is 1170. The van der Waals surface area contributed by atoms with Crippen molar-refractivity contribution in [1.82, 2.24) is 4.57 Å². The van der Waals surface area contributed by atoms with Gasteiger partial charge in [0.1, 0.15) is 5.00 Å². The SMILES string of the molecule is CC(=O)c1ccc(N=Cc2cc(C)n(-c3sc4c(c3C(=O)O)CCCC4)c2C)cc1. The number of hydrogen-bond donors (Lipinski definition) is 1. The van der Waals surface area contributed by atoms with Gasteiger partial charge >= 0.3 is 5.97 Å². The van der Waals surface area contributed by atoms with Crippen LogP contribution in [0.1, 0.15) is 67.9 Å². The summed E-state index contributed by atoms with van der Waals surface area (Å²) in [4.78, 5) is 29.3. The van der Waals surface area contributed by atoms with Gasteiger partial charge in [0.2, 0.25) is 0 Å². The number of carbonyl (C=O) groups is 2. The summed E-state index contributed by atoms with van der Waals surface area (Å²) in [6.45, 7) is 5.54. The first-order valence-corrected chi connectivity index (χ1v) is 10.9. The number of benzene rings is 1. The zero-order chi connectivity index (χ0) is 21.4. The van der Waals surface area contributed by atoms with E-state index in [9.17, 15) is 14.7 Å². The van der Waals surface area contributed by atoms with Crippen molar-refractivity contribution in [2.45, 2.75) is 46.5 Å². The van der Waals surface area contributed by atoms with Crippen molar-refractivity contribution >= 4 is 35.0 Å². The van der Waals surface area contributed by atoms with Crippen LogP contribution in [0.15, 0.2) is 35.3 Å². The summed E-state index contributed by atoms with van der Waals surface area (Å²) in [5, 5.41) is 10.7. The lowest BCUT2D eigenvalue weighted by Crippen LogP contribution is -2.09. The maximum absolute atomic E-state index is 12.1. The van der Waals surface area contributed by atoms with E-state index in [1.54, 1.807) is 36.6 Å². The number of rotatable bonds is 5. The minimum atomic E-state index is -0.849. The third-order valence-corrected chi connectivity index (χ3v) is 6.94. The Kier molecular flexibility index (Phi) is 5.43. The van der Waals surface area contributed by atoms with E-state index in [0.29, 0.717) is 11.1 Å². The van der Waals surface area contributed by atoms with Crippen molar-refractivity contribution in [1.29, 1.82) is 0 Å². The van der Waals surface area contributed by atoms with E-state index in [1.165, 1.54) is 4.88 Å². The molecule has 0 atom stereocenters. The molecule has 0 radical (unpaired) electrons. The average molecular weight is 421 g/mol. The summed E-state index contributed by atoms with van der Waals surface area (Å²) < 4.78 is 2.05. The van der Waals surface area contributed by atoms with Crippen molar-refractivity contribution in [3.63, 3.8) is 0 Å². The molecule has 0 fully saturated rings.